The third-order valence-corrected chi connectivity index (χ3v) is 4.29. The molecule has 0 saturated heterocycles. The highest BCUT2D eigenvalue weighted by Gasteiger charge is 2.23. The van der Waals surface area contributed by atoms with Gasteiger partial charge in [0.05, 0.1) is 7.11 Å². The molecule has 0 spiro atoms. The van der Waals surface area contributed by atoms with E-state index in [4.69, 9.17) is 4.74 Å². The Kier molecular flexibility index (Phi) is 4.25. The zero-order chi connectivity index (χ0) is 18.2. The maximum atomic E-state index is 12.5. The molecular formula is C16H17N5O3S. The molecule has 0 unspecified atom stereocenters. The van der Waals surface area contributed by atoms with Crippen LogP contribution in [0.2, 0.25) is 0 Å². The smallest absolute Gasteiger partial charge is 0.297 e. The van der Waals surface area contributed by atoms with Crippen LogP contribution in [0.15, 0.2) is 29.1 Å². The number of methoxy groups -OCH3 is 1. The summed E-state index contributed by atoms with van der Waals surface area (Å²) in [6.07, 6.45) is 0. The Morgan fingerprint density at radius 2 is 1.88 bits per heavy atom. The topological polar surface area (TPSA) is 98.5 Å². The molecule has 3 rings (SSSR count). The fourth-order valence-electron chi connectivity index (χ4n) is 2.15. The number of nitrogens with one attached hydrogen (secondary N) is 1. The molecular weight excluding hydrogens is 342 g/mol. The van der Waals surface area contributed by atoms with Gasteiger partial charge in [-0.25, -0.2) is 0 Å². The zero-order valence-corrected chi connectivity index (χ0v) is 15.0. The molecule has 0 aliphatic rings. The predicted octanol–water partition coefficient (Wildman–Crippen LogP) is 2.10. The van der Waals surface area contributed by atoms with Gasteiger partial charge in [-0.3, -0.25) is 14.9 Å². The SMILES string of the molecule is COc1ccc(C(=O)Nc2nn3c(=O)c(C(C)(C)C)nnc3s2)cc1. The molecule has 2 aromatic heterocycles. The first kappa shape index (κ1) is 17.0. The van der Waals surface area contributed by atoms with Gasteiger partial charge < -0.3 is 4.74 Å². The first-order valence-corrected chi connectivity index (χ1v) is 8.33. The Hall–Kier alpha value is -2.81. The van der Waals surface area contributed by atoms with Crippen molar-refractivity contribution in [3.05, 3.63) is 45.9 Å². The first-order chi connectivity index (χ1) is 11.8. The highest BCUT2D eigenvalue weighted by atomic mass is 32.1. The van der Waals surface area contributed by atoms with Crippen molar-refractivity contribution in [3.8, 4) is 5.75 Å². The third kappa shape index (κ3) is 3.36. The second kappa shape index (κ2) is 6.25. The number of amides is 1. The second-order valence-corrected chi connectivity index (χ2v) is 7.34. The van der Waals surface area contributed by atoms with E-state index in [1.807, 2.05) is 20.8 Å². The van der Waals surface area contributed by atoms with Gasteiger partial charge in [-0.2, -0.15) is 4.52 Å². The number of hydrogen-bond donors (Lipinski definition) is 1. The van der Waals surface area contributed by atoms with Gasteiger partial charge in [-0.15, -0.1) is 15.3 Å². The molecule has 1 N–H and O–H groups in total. The van der Waals surface area contributed by atoms with Crippen LogP contribution in [0.5, 0.6) is 5.75 Å². The predicted molar refractivity (Wildman–Crippen MR) is 94.6 cm³/mol. The van der Waals surface area contributed by atoms with Gasteiger partial charge in [0.1, 0.15) is 11.4 Å². The lowest BCUT2D eigenvalue weighted by Gasteiger charge is -2.14. The van der Waals surface area contributed by atoms with E-state index < -0.39 is 5.41 Å². The summed E-state index contributed by atoms with van der Waals surface area (Å²) in [5.74, 6) is 0.326. The Bertz CT molecular complexity index is 986. The van der Waals surface area contributed by atoms with Gasteiger partial charge in [0, 0.05) is 11.0 Å². The Morgan fingerprint density at radius 1 is 1.20 bits per heavy atom. The molecule has 0 radical (unpaired) electrons. The number of fused-ring (bicyclic) bond motifs is 1. The standard InChI is InChI=1S/C16H17N5O3S/c1-16(2,3)11-13(23)21-15(19-18-11)25-14(20-21)17-12(22)9-5-7-10(24-4)8-6-9/h5-8H,1-4H3,(H,17,20,22). The van der Waals surface area contributed by atoms with Crippen LogP contribution in [0.25, 0.3) is 4.96 Å². The number of carbonyl (C=O) groups is 1. The van der Waals surface area contributed by atoms with Gasteiger partial charge in [-0.05, 0) is 24.3 Å². The number of hydrogen-bond acceptors (Lipinski definition) is 7. The van der Waals surface area contributed by atoms with E-state index in [0.29, 0.717) is 22.0 Å². The molecule has 0 fully saturated rings. The summed E-state index contributed by atoms with van der Waals surface area (Å²) in [6, 6.07) is 6.67. The molecule has 0 aliphatic heterocycles. The number of aromatic nitrogens is 4. The molecule has 25 heavy (non-hydrogen) atoms. The summed E-state index contributed by atoms with van der Waals surface area (Å²) in [5.41, 5.74) is -0.00242. The van der Waals surface area contributed by atoms with E-state index >= 15 is 0 Å². The molecule has 0 saturated carbocycles. The lowest BCUT2D eigenvalue weighted by Crippen LogP contribution is -2.30. The number of anilines is 1. The minimum Gasteiger partial charge on any atom is -0.497 e. The molecule has 0 bridgehead atoms. The molecule has 0 atom stereocenters. The number of ether oxygens (including phenoxy) is 1. The van der Waals surface area contributed by atoms with Crippen LogP contribution in [0.1, 0.15) is 36.8 Å². The van der Waals surface area contributed by atoms with Crippen molar-refractivity contribution in [3.63, 3.8) is 0 Å². The lowest BCUT2D eigenvalue weighted by molar-refractivity contribution is 0.102. The number of benzene rings is 1. The van der Waals surface area contributed by atoms with Gasteiger partial charge >= 0.3 is 0 Å². The fourth-order valence-corrected chi connectivity index (χ4v) is 2.88. The van der Waals surface area contributed by atoms with Crippen LogP contribution in [-0.2, 0) is 5.41 Å². The summed E-state index contributed by atoms with van der Waals surface area (Å²) in [4.78, 5) is 25.1. The molecule has 9 heteroatoms. The summed E-state index contributed by atoms with van der Waals surface area (Å²) in [6.45, 7) is 5.64. The van der Waals surface area contributed by atoms with Gasteiger partial charge in [0.15, 0.2) is 0 Å². The van der Waals surface area contributed by atoms with Crippen molar-refractivity contribution in [1.82, 2.24) is 19.8 Å². The van der Waals surface area contributed by atoms with Crippen LogP contribution in [0.3, 0.4) is 0 Å². The Morgan fingerprint density at radius 3 is 2.48 bits per heavy atom. The maximum Gasteiger partial charge on any atom is 0.297 e. The molecule has 8 nitrogen and oxygen atoms in total. The highest BCUT2D eigenvalue weighted by molar-refractivity contribution is 7.20. The monoisotopic (exact) mass is 359 g/mol. The molecule has 1 amide bonds. The normalized spacial score (nSPS) is 11.5. The van der Waals surface area contributed by atoms with Crippen molar-refractivity contribution >= 4 is 27.3 Å². The molecule has 2 heterocycles. The van der Waals surface area contributed by atoms with Crippen LogP contribution in [0.4, 0.5) is 5.13 Å². The minimum absolute atomic E-state index is 0.276. The summed E-state index contributed by atoms with van der Waals surface area (Å²) in [5, 5.41) is 15.1. The highest BCUT2D eigenvalue weighted by Crippen LogP contribution is 2.20. The van der Waals surface area contributed by atoms with E-state index in [0.717, 1.165) is 11.3 Å². The number of nitrogens with zero attached hydrogens (tertiary/aromatic N) is 4. The molecule has 0 aliphatic carbocycles. The van der Waals surface area contributed by atoms with Crippen LogP contribution in [0, 0.1) is 0 Å². The first-order valence-electron chi connectivity index (χ1n) is 7.52. The van der Waals surface area contributed by atoms with E-state index in [9.17, 15) is 9.59 Å². The van der Waals surface area contributed by atoms with E-state index in [-0.39, 0.29) is 16.6 Å². The molecule has 3 aromatic rings. The van der Waals surface area contributed by atoms with E-state index in [1.165, 1.54) is 4.52 Å². The van der Waals surface area contributed by atoms with Crippen molar-refractivity contribution in [1.29, 1.82) is 0 Å². The third-order valence-electron chi connectivity index (χ3n) is 3.47. The van der Waals surface area contributed by atoms with Crippen LogP contribution in [-0.4, -0.2) is 32.8 Å². The van der Waals surface area contributed by atoms with Gasteiger partial charge in [0.2, 0.25) is 10.1 Å². The van der Waals surface area contributed by atoms with Crippen molar-refractivity contribution in [2.45, 2.75) is 26.2 Å². The van der Waals surface area contributed by atoms with E-state index in [2.05, 4.69) is 20.6 Å². The van der Waals surface area contributed by atoms with Crippen molar-refractivity contribution in [2.24, 2.45) is 0 Å². The number of rotatable bonds is 3. The summed E-state index contributed by atoms with van der Waals surface area (Å²) >= 11 is 1.08. The van der Waals surface area contributed by atoms with Crippen LogP contribution < -0.4 is 15.6 Å². The molecule has 130 valence electrons. The summed E-state index contributed by atoms with van der Waals surface area (Å²) < 4.78 is 6.23. The average molecular weight is 359 g/mol. The van der Waals surface area contributed by atoms with Gasteiger partial charge in [-0.1, -0.05) is 32.1 Å². The second-order valence-electron chi connectivity index (χ2n) is 6.39. The van der Waals surface area contributed by atoms with Crippen molar-refractivity contribution in [2.75, 3.05) is 12.4 Å². The lowest BCUT2D eigenvalue weighted by atomic mass is 9.93. The summed E-state index contributed by atoms with van der Waals surface area (Å²) in [7, 11) is 1.56. The minimum atomic E-state index is -0.443. The van der Waals surface area contributed by atoms with E-state index in [1.54, 1.807) is 31.4 Å². The van der Waals surface area contributed by atoms with Crippen molar-refractivity contribution < 1.29 is 9.53 Å². The Balaban J connectivity index is 1.90. The largest absolute Gasteiger partial charge is 0.497 e. The van der Waals surface area contributed by atoms with Gasteiger partial charge in [0.25, 0.3) is 11.5 Å². The average Bonchev–Trinajstić information content (AvgIpc) is 2.97. The quantitative estimate of drug-likeness (QED) is 0.769. The maximum absolute atomic E-state index is 12.5. The number of carbonyl (C=O) groups excluding carboxylic acids is 1. The van der Waals surface area contributed by atoms with Crippen LogP contribution >= 0.6 is 11.3 Å². The zero-order valence-electron chi connectivity index (χ0n) is 14.2. The molecule has 1 aromatic carbocycles. The fraction of sp³-hybridized carbons (Fsp3) is 0.312. The Labute approximate surface area is 147 Å².